The van der Waals surface area contributed by atoms with Gasteiger partial charge in [-0.05, 0) is 30.3 Å². The van der Waals surface area contributed by atoms with Crippen molar-refractivity contribution in [3.63, 3.8) is 0 Å². The lowest BCUT2D eigenvalue weighted by molar-refractivity contribution is 0.780. The second-order valence-electron chi connectivity index (χ2n) is 5.08. The van der Waals surface area contributed by atoms with Gasteiger partial charge in [0.2, 0.25) is 0 Å². The standard InChI is InChI=1S/C15H9Cl2N5O/c1-21-7-8-6-9(2-3-10(8)19-21)22-15(23)13(17)14-11(20-22)4-5-12(16)18-14/h2-7H,1H3. The van der Waals surface area contributed by atoms with Crippen molar-refractivity contribution in [2.75, 3.05) is 0 Å². The maximum Gasteiger partial charge on any atom is 0.292 e. The smallest absolute Gasteiger partial charge is 0.275 e. The second kappa shape index (κ2) is 5.04. The summed E-state index contributed by atoms with van der Waals surface area (Å²) in [6.07, 6.45) is 1.87. The molecule has 0 saturated carbocycles. The Morgan fingerprint density at radius 3 is 2.65 bits per heavy atom. The summed E-state index contributed by atoms with van der Waals surface area (Å²) in [6.45, 7) is 0. The fraction of sp³-hybridized carbons (Fsp3) is 0.0667. The number of pyridine rings is 1. The van der Waals surface area contributed by atoms with Gasteiger partial charge in [-0.25, -0.2) is 4.98 Å². The molecule has 0 spiro atoms. The molecule has 8 heteroatoms. The van der Waals surface area contributed by atoms with Gasteiger partial charge in [-0.1, -0.05) is 23.2 Å². The van der Waals surface area contributed by atoms with Crippen LogP contribution < -0.4 is 5.56 Å². The van der Waals surface area contributed by atoms with Gasteiger partial charge in [-0.15, -0.1) is 0 Å². The van der Waals surface area contributed by atoms with E-state index in [2.05, 4.69) is 15.2 Å². The Morgan fingerprint density at radius 2 is 1.83 bits per heavy atom. The molecular weight excluding hydrogens is 337 g/mol. The highest BCUT2D eigenvalue weighted by molar-refractivity contribution is 6.35. The van der Waals surface area contributed by atoms with E-state index < -0.39 is 5.56 Å². The van der Waals surface area contributed by atoms with Gasteiger partial charge < -0.3 is 0 Å². The van der Waals surface area contributed by atoms with Gasteiger partial charge >= 0.3 is 0 Å². The molecule has 4 rings (SSSR count). The number of hydrogen-bond donors (Lipinski definition) is 0. The summed E-state index contributed by atoms with van der Waals surface area (Å²) in [5.74, 6) is 0. The fourth-order valence-electron chi connectivity index (χ4n) is 2.46. The van der Waals surface area contributed by atoms with Crippen molar-refractivity contribution in [1.29, 1.82) is 0 Å². The van der Waals surface area contributed by atoms with Crippen molar-refractivity contribution >= 4 is 45.1 Å². The molecule has 0 fully saturated rings. The van der Waals surface area contributed by atoms with Crippen molar-refractivity contribution in [3.05, 3.63) is 57.1 Å². The molecule has 0 amide bonds. The third-order valence-electron chi connectivity index (χ3n) is 3.48. The van der Waals surface area contributed by atoms with Crippen molar-refractivity contribution in [2.45, 2.75) is 0 Å². The van der Waals surface area contributed by atoms with E-state index in [4.69, 9.17) is 23.2 Å². The Balaban J connectivity index is 2.01. The molecule has 0 unspecified atom stereocenters. The summed E-state index contributed by atoms with van der Waals surface area (Å²) in [5, 5.41) is 9.79. The average Bonchev–Trinajstić information content (AvgIpc) is 2.90. The number of halogens is 2. The largest absolute Gasteiger partial charge is 0.292 e. The molecule has 0 aliphatic carbocycles. The molecule has 0 bridgehead atoms. The predicted octanol–water partition coefficient (Wildman–Crippen LogP) is 2.97. The van der Waals surface area contributed by atoms with Gasteiger partial charge in [0, 0.05) is 18.6 Å². The zero-order valence-corrected chi connectivity index (χ0v) is 13.4. The Kier molecular flexibility index (Phi) is 3.11. The third kappa shape index (κ3) is 2.27. The molecule has 1 aromatic carbocycles. The molecule has 0 radical (unpaired) electrons. The number of fused-ring (bicyclic) bond motifs is 2. The minimum atomic E-state index is -0.447. The quantitative estimate of drug-likeness (QED) is 0.497. The zero-order chi connectivity index (χ0) is 16.1. The lowest BCUT2D eigenvalue weighted by atomic mass is 10.2. The maximum absolute atomic E-state index is 12.5. The highest BCUT2D eigenvalue weighted by Crippen LogP contribution is 2.21. The lowest BCUT2D eigenvalue weighted by Gasteiger charge is -2.07. The molecule has 6 nitrogen and oxygen atoms in total. The van der Waals surface area contributed by atoms with Gasteiger partial charge in [-0.3, -0.25) is 9.48 Å². The van der Waals surface area contributed by atoms with Crippen LogP contribution in [0.3, 0.4) is 0 Å². The molecule has 4 aromatic rings. The van der Waals surface area contributed by atoms with E-state index in [9.17, 15) is 4.79 Å². The summed E-state index contributed by atoms with van der Waals surface area (Å²) < 4.78 is 2.97. The summed E-state index contributed by atoms with van der Waals surface area (Å²) in [6, 6.07) is 8.72. The molecule has 114 valence electrons. The van der Waals surface area contributed by atoms with Crippen LogP contribution in [0.1, 0.15) is 0 Å². The summed E-state index contributed by atoms with van der Waals surface area (Å²) >= 11 is 12.0. The Bertz CT molecular complexity index is 1130. The minimum Gasteiger partial charge on any atom is -0.275 e. The summed E-state index contributed by atoms with van der Waals surface area (Å²) in [4.78, 5) is 16.6. The van der Waals surface area contributed by atoms with Gasteiger partial charge in [0.25, 0.3) is 5.56 Å². The zero-order valence-electron chi connectivity index (χ0n) is 11.9. The van der Waals surface area contributed by atoms with Crippen LogP contribution in [0.4, 0.5) is 0 Å². The lowest BCUT2D eigenvalue weighted by Crippen LogP contribution is -2.22. The Labute approximate surface area is 139 Å². The first-order valence-electron chi connectivity index (χ1n) is 6.72. The van der Waals surface area contributed by atoms with E-state index in [1.54, 1.807) is 22.9 Å². The molecule has 0 aliphatic heterocycles. The SMILES string of the molecule is Cn1cc2cc(-n3nc4ccc(Cl)nc4c(Cl)c3=O)ccc2n1. The Morgan fingerprint density at radius 1 is 1.04 bits per heavy atom. The van der Waals surface area contributed by atoms with Crippen molar-refractivity contribution in [3.8, 4) is 5.69 Å². The fourth-order valence-corrected chi connectivity index (χ4v) is 2.83. The van der Waals surface area contributed by atoms with Crippen LogP contribution in [0.5, 0.6) is 0 Å². The van der Waals surface area contributed by atoms with Crippen LogP contribution in [0.25, 0.3) is 27.6 Å². The van der Waals surface area contributed by atoms with Crippen LogP contribution in [0.2, 0.25) is 10.2 Å². The molecule has 0 atom stereocenters. The van der Waals surface area contributed by atoms with Gasteiger partial charge in [-0.2, -0.15) is 14.9 Å². The van der Waals surface area contributed by atoms with Crippen LogP contribution in [0.15, 0.2) is 41.3 Å². The number of hydrogen-bond acceptors (Lipinski definition) is 4. The van der Waals surface area contributed by atoms with Crippen molar-refractivity contribution < 1.29 is 0 Å². The third-order valence-corrected chi connectivity index (χ3v) is 4.03. The molecule has 0 saturated heterocycles. The first-order valence-corrected chi connectivity index (χ1v) is 7.47. The van der Waals surface area contributed by atoms with Crippen molar-refractivity contribution in [1.82, 2.24) is 24.5 Å². The van der Waals surface area contributed by atoms with Crippen LogP contribution in [-0.4, -0.2) is 24.5 Å². The van der Waals surface area contributed by atoms with Crippen molar-refractivity contribution in [2.24, 2.45) is 7.05 Å². The number of benzene rings is 1. The average molecular weight is 346 g/mol. The van der Waals surface area contributed by atoms with Gasteiger partial charge in [0.1, 0.15) is 21.2 Å². The highest BCUT2D eigenvalue weighted by atomic mass is 35.5. The van der Waals surface area contributed by atoms with Gasteiger partial charge in [0.15, 0.2) is 0 Å². The van der Waals surface area contributed by atoms with E-state index in [-0.39, 0.29) is 10.2 Å². The number of rotatable bonds is 1. The van der Waals surface area contributed by atoms with E-state index >= 15 is 0 Å². The first kappa shape index (κ1) is 14.2. The normalized spacial score (nSPS) is 11.4. The first-order chi connectivity index (χ1) is 11.0. The molecular formula is C15H9Cl2N5O. The molecule has 23 heavy (non-hydrogen) atoms. The molecule has 3 aromatic heterocycles. The summed E-state index contributed by atoms with van der Waals surface area (Å²) in [7, 11) is 1.84. The van der Waals surface area contributed by atoms with E-state index in [1.165, 1.54) is 4.68 Å². The van der Waals surface area contributed by atoms with Crippen LogP contribution in [0, 0.1) is 0 Å². The minimum absolute atomic E-state index is 0.0104. The molecule has 0 aliphatic rings. The van der Waals surface area contributed by atoms with Crippen LogP contribution >= 0.6 is 23.2 Å². The van der Waals surface area contributed by atoms with Crippen LogP contribution in [-0.2, 0) is 7.05 Å². The number of aryl methyl sites for hydroxylation is 1. The topological polar surface area (TPSA) is 65.6 Å². The highest BCUT2D eigenvalue weighted by Gasteiger charge is 2.13. The number of aromatic nitrogens is 5. The Hall–Kier alpha value is -2.44. The molecule has 3 heterocycles. The van der Waals surface area contributed by atoms with E-state index in [0.29, 0.717) is 16.7 Å². The van der Waals surface area contributed by atoms with E-state index in [0.717, 1.165) is 10.9 Å². The maximum atomic E-state index is 12.5. The second-order valence-corrected chi connectivity index (χ2v) is 5.84. The van der Waals surface area contributed by atoms with E-state index in [1.807, 2.05) is 25.4 Å². The van der Waals surface area contributed by atoms with Gasteiger partial charge in [0.05, 0.1) is 11.2 Å². The summed E-state index contributed by atoms with van der Waals surface area (Å²) in [5.41, 5.74) is 1.78. The molecule has 0 N–H and O–H groups in total. The monoisotopic (exact) mass is 345 g/mol. The number of nitrogens with zero attached hydrogens (tertiary/aromatic N) is 5. The predicted molar refractivity (Wildman–Crippen MR) is 89.4 cm³/mol.